The molecule has 0 amide bonds. The van der Waals surface area contributed by atoms with E-state index < -0.39 is 0 Å². The van der Waals surface area contributed by atoms with Gasteiger partial charge >= 0.3 is 5.97 Å². The molecule has 0 spiro atoms. The molecule has 0 fully saturated rings. The first kappa shape index (κ1) is 23.4. The first-order chi connectivity index (χ1) is 17.1. The van der Waals surface area contributed by atoms with Gasteiger partial charge in [0.1, 0.15) is 5.75 Å². The summed E-state index contributed by atoms with van der Waals surface area (Å²) in [6.07, 6.45) is 14.0. The highest BCUT2D eigenvalue weighted by Gasteiger charge is 2.27. The predicted octanol–water partition coefficient (Wildman–Crippen LogP) is 6.66. The third-order valence-electron chi connectivity index (χ3n) is 6.92. The molecule has 1 aliphatic heterocycles. The van der Waals surface area contributed by atoms with Gasteiger partial charge in [0.05, 0.1) is 31.8 Å². The van der Waals surface area contributed by atoms with Gasteiger partial charge in [0.2, 0.25) is 0 Å². The minimum absolute atomic E-state index is 0.0409. The maximum atomic E-state index is 12.1. The standard InChI is InChI=1S/C30H29NO3S/c1-4-19-14-22(9-11-28(19)33-2)24-17-27-26(12-13-31-27)29(18-24)35-25-10-8-21-15-23(30(32)34-3)7-5-6-20(21)16-25/h4,8-14,16-18,23,26H,1,5-7,15H2,2-3H3. The Balaban J connectivity index is 1.43. The second-order valence-corrected chi connectivity index (χ2v) is 10.2. The molecule has 0 bridgehead atoms. The number of aryl methyl sites for hydroxylation is 1. The second-order valence-electron chi connectivity index (χ2n) is 9.03. The zero-order valence-electron chi connectivity index (χ0n) is 20.1. The molecule has 2 unspecified atom stereocenters. The first-order valence-corrected chi connectivity index (χ1v) is 12.8. The fourth-order valence-corrected chi connectivity index (χ4v) is 6.17. The number of nitrogens with zero attached hydrogens (tertiary/aromatic N) is 1. The van der Waals surface area contributed by atoms with E-state index in [1.165, 1.54) is 28.0 Å². The van der Waals surface area contributed by atoms with E-state index in [1.807, 2.05) is 18.3 Å². The van der Waals surface area contributed by atoms with Crippen LogP contribution >= 0.6 is 11.8 Å². The summed E-state index contributed by atoms with van der Waals surface area (Å²) in [5.74, 6) is 0.862. The van der Waals surface area contributed by atoms with Crippen LogP contribution in [0.3, 0.4) is 0 Å². The molecule has 5 heteroatoms. The average Bonchev–Trinajstić information content (AvgIpc) is 3.27. The van der Waals surface area contributed by atoms with Gasteiger partial charge < -0.3 is 9.47 Å². The molecule has 0 radical (unpaired) electrons. The van der Waals surface area contributed by atoms with Crippen LogP contribution in [0.2, 0.25) is 0 Å². The molecule has 2 atom stereocenters. The maximum Gasteiger partial charge on any atom is 0.308 e. The van der Waals surface area contributed by atoms with Gasteiger partial charge in [0.15, 0.2) is 0 Å². The SMILES string of the molecule is C=Cc1cc(C2=CC3=NC=CC3C(Sc3ccc4c(c3)CCCC(C(=O)OC)C4)=C2)ccc1OC. The predicted molar refractivity (Wildman–Crippen MR) is 144 cm³/mol. The van der Waals surface area contributed by atoms with E-state index >= 15 is 0 Å². The molecule has 4 nitrogen and oxygen atoms in total. The van der Waals surface area contributed by atoms with Crippen molar-refractivity contribution in [3.05, 3.63) is 94.6 Å². The quantitative estimate of drug-likeness (QED) is 0.340. The highest BCUT2D eigenvalue weighted by Crippen LogP contribution is 2.42. The lowest BCUT2D eigenvalue weighted by Crippen LogP contribution is -2.17. The number of esters is 1. The van der Waals surface area contributed by atoms with Gasteiger partial charge in [0.25, 0.3) is 0 Å². The third-order valence-corrected chi connectivity index (χ3v) is 8.02. The van der Waals surface area contributed by atoms with Gasteiger partial charge in [-0.2, -0.15) is 0 Å². The zero-order valence-corrected chi connectivity index (χ0v) is 20.9. The lowest BCUT2D eigenvalue weighted by atomic mass is 9.91. The lowest BCUT2D eigenvalue weighted by Gasteiger charge is -2.21. The van der Waals surface area contributed by atoms with Crippen molar-refractivity contribution < 1.29 is 14.3 Å². The Bertz CT molecular complexity index is 1300. The summed E-state index contributed by atoms with van der Waals surface area (Å²) in [6.45, 7) is 3.93. The Kier molecular flexibility index (Phi) is 6.78. The van der Waals surface area contributed by atoms with Gasteiger partial charge in [0, 0.05) is 21.6 Å². The molecule has 5 rings (SSSR count). The molecule has 0 aromatic heterocycles. The van der Waals surface area contributed by atoms with E-state index in [4.69, 9.17) is 9.47 Å². The van der Waals surface area contributed by atoms with Crippen molar-refractivity contribution in [2.45, 2.75) is 30.6 Å². The van der Waals surface area contributed by atoms with Crippen molar-refractivity contribution in [1.82, 2.24) is 0 Å². The van der Waals surface area contributed by atoms with E-state index in [0.717, 1.165) is 53.8 Å². The van der Waals surface area contributed by atoms with Crippen LogP contribution in [0.4, 0.5) is 0 Å². The lowest BCUT2D eigenvalue weighted by molar-refractivity contribution is -0.145. The van der Waals surface area contributed by atoms with Crippen LogP contribution in [-0.4, -0.2) is 25.9 Å². The van der Waals surface area contributed by atoms with E-state index in [0.29, 0.717) is 0 Å². The van der Waals surface area contributed by atoms with Crippen LogP contribution in [0.25, 0.3) is 11.6 Å². The summed E-state index contributed by atoms with van der Waals surface area (Å²) in [7, 11) is 3.16. The number of methoxy groups -OCH3 is 2. The number of aliphatic imine (C=N–C) groups is 1. The Morgan fingerprint density at radius 2 is 2.03 bits per heavy atom. The summed E-state index contributed by atoms with van der Waals surface area (Å²) in [4.78, 5) is 19.2. The Morgan fingerprint density at radius 1 is 1.14 bits per heavy atom. The van der Waals surface area contributed by atoms with Crippen LogP contribution in [0, 0.1) is 11.8 Å². The van der Waals surface area contributed by atoms with Crippen LogP contribution in [0.5, 0.6) is 5.75 Å². The van der Waals surface area contributed by atoms with Crippen molar-refractivity contribution >= 4 is 35.1 Å². The normalized spacial score (nSPS) is 20.6. The topological polar surface area (TPSA) is 47.9 Å². The summed E-state index contributed by atoms with van der Waals surface area (Å²) in [6, 6.07) is 12.9. The first-order valence-electron chi connectivity index (χ1n) is 12.0. The van der Waals surface area contributed by atoms with E-state index in [-0.39, 0.29) is 17.8 Å². The van der Waals surface area contributed by atoms with Crippen LogP contribution in [-0.2, 0) is 22.4 Å². The number of carbonyl (C=O) groups excluding carboxylic acids is 1. The number of fused-ring (bicyclic) bond motifs is 2. The average molecular weight is 484 g/mol. The number of benzene rings is 2. The zero-order chi connectivity index (χ0) is 24.4. The molecular weight excluding hydrogens is 454 g/mol. The number of carbonyl (C=O) groups is 1. The van der Waals surface area contributed by atoms with Gasteiger partial charge in [-0.1, -0.05) is 42.6 Å². The number of thioether (sulfide) groups is 1. The monoisotopic (exact) mass is 483 g/mol. The minimum Gasteiger partial charge on any atom is -0.496 e. The van der Waals surface area contributed by atoms with Crippen LogP contribution in [0.1, 0.15) is 35.1 Å². The van der Waals surface area contributed by atoms with Gasteiger partial charge in [-0.3, -0.25) is 9.79 Å². The molecule has 0 saturated carbocycles. The largest absolute Gasteiger partial charge is 0.496 e. The summed E-state index contributed by atoms with van der Waals surface area (Å²) < 4.78 is 10.5. The van der Waals surface area contributed by atoms with Crippen molar-refractivity contribution in [1.29, 1.82) is 0 Å². The fourth-order valence-electron chi connectivity index (χ4n) is 5.05. The van der Waals surface area contributed by atoms with Gasteiger partial charge in [-0.25, -0.2) is 0 Å². The van der Waals surface area contributed by atoms with Crippen molar-refractivity contribution in [3.8, 4) is 5.75 Å². The summed E-state index contributed by atoms with van der Waals surface area (Å²) >= 11 is 1.80. The molecule has 3 aliphatic rings. The Hall–Kier alpha value is -3.31. The fraction of sp³-hybridized carbons (Fsp3) is 0.267. The molecule has 1 heterocycles. The second kappa shape index (κ2) is 10.1. The number of rotatable bonds is 6. The third kappa shape index (κ3) is 4.78. The number of ether oxygens (including phenoxy) is 2. The van der Waals surface area contributed by atoms with Crippen molar-refractivity contribution in [2.75, 3.05) is 14.2 Å². The number of allylic oxidation sites excluding steroid dienone is 5. The van der Waals surface area contributed by atoms with E-state index in [9.17, 15) is 4.79 Å². The molecule has 2 aromatic carbocycles. The highest BCUT2D eigenvalue weighted by atomic mass is 32.2. The highest BCUT2D eigenvalue weighted by molar-refractivity contribution is 8.03. The minimum atomic E-state index is -0.0963. The smallest absolute Gasteiger partial charge is 0.308 e. The summed E-state index contributed by atoms with van der Waals surface area (Å²) in [5, 5.41) is 0. The van der Waals surface area contributed by atoms with Crippen molar-refractivity contribution in [3.63, 3.8) is 0 Å². The maximum absolute atomic E-state index is 12.1. The van der Waals surface area contributed by atoms with Gasteiger partial charge in [-0.05, 0) is 84.4 Å². The van der Waals surface area contributed by atoms with E-state index in [1.54, 1.807) is 18.9 Å². The molecule has 2 aromatic rings. The van der Waals surface area contributed by atoms with Gasteiger partial charge in [-0.15, -0.1) is 0 Å². The molecule has 178 valence electrons. The Morgan fingerprint density at radius 3 is 2.83 bits per heavy atom. The van der Waals surface area contributed by atoms with Crippen LogP contribution in [0.15, 0.2) is 82.2 Å². The Labute approximate surface area is 211 Å². The molecule has 35 heavy (non-hydrogen) atoms. The molecule has 0 saturated heterocycles. The number of hydrogen-bond donors (Lipinski definition) is 0. The van der Waals surface area contributed by atoms with E-state index in [2.05, 4.69) is 60.1 Å². The molecular formula is C30H29NO3S. The summed E-state index contributed by atoms with van der Waals surface area (Å²) in [5.41, 5.74) is 6.89. The number of hydrogen-bond acceptors (Lipinski definition) is 5. The van der Waals surface area contributed by atoms with Crippen LogP contribution < -0.4 is 4.74 Å². The van der Waals surface area contributed by atoms with Crippen molar-refractivity contribution in [2.24, 2.45) is 16.8 Å². The molecule has 0 N–H and O–H groups in total. The molecule has 2 aliphatic carbocycles.